The van der Waals surface area contributed by atoms with E-state index in [9.17, 15) is 13.2 Å². The summed E-state index contributed by atoms with van der Waals surface area (Å²) in [7, 11) is -3.66. The zero-order chi connectivity index (χ0) is 14.8. The van der Waals surface area contributed by atoms with E-state index >= 15 is 0 Å². The maximum atomic E-state index is 11.9. The van der Waals surface area contributed by atoms with Gasteiger partial charge in [-0.25, -0.2) is 13.6 Å². The van der Waals surface area contributed by atoms with E-state index in [2.05, 4.69) is 12.2 Å². The Morgan fingerprint density at radius 3 is 2.55 bits per heavy atom. The lowest BCUT2D eigenvalue weighted by Gasteiger charge is -2.26. The van der Waals surface area contributed by atoms with E-state index < -0.39 is 10.0 Å². The highest BCUT2D eigenvalue weighted by Crippen LogP contribution is 2.24. The summed E-state index contributed by atoms with van der Waals surface area (Å²) in [6.07, 6.45) is 4.57. The van der Waals surface area contributed by atoms with Gasteiger partial charge in [-0.1, -0.05) is 6.92 Å². The Labute approximate surface area is 123 Å². The van der Waals surface area contributed by atoms with Crippen molar-refractivity contribution in [2.24, 2.45) is 11.1 Å². The average molecular weight is 316 g/mol. The van der Waals surface area contributed by atoms with Crippen molar-refractivity contribution in [3.8, 4) is 0 Å². The molecule has 1 aliphatic rings. The van der Waals surface area contributed by atoms with E-state index in [1.54, 1.807) is 6.07 Å². The lowest BCUT2D eigenvalue weighted by molar-refractivity contribution is -0.121. The van der Waals surface area contributed by atoms with Gasteiger partial charge >= 0.3 is 0 Å². The molecule has 1 saturated carbocycles. The molecule has 7 heteroatoms. The maximum Gasteiger partial charge on any atom is 0.247 e. The van der Waals surface area contributed by atoms with Crippen LogP contribution in [0.3, 0.4) is 0 Å². The number of hydrogen-bond donors (Lipinski definition) is 2. The lowest BCUT2D eigenvalue weighted by atomic mass is 9.87. The fraction of sp³-hybridized carbons (Fsp3) is 0.615. The van der Waals surface area contributed by atoms with Crippen LogP contribution in [0.2, 0.25) is 0 Å². The molecule has 1 aromatic rings. The molecular formula is C13H20N2O3S2. The van der Waals surface area contributed by atoms with Gasteiger partial charge in [0.2, 0.25) is 15.9 Å². The number of primary sulfonamides is 1. The molecule has 0 atom stereocenters. The van der Waals surface area contributed by atoms with Crippen LogP contribution in [0.15, 0.2) is 16.3 Å². The lowest BCUT2D eigenvalue weighted by Crippen LogP contribution is -2.38. The average Bonchev–Trinajstić information content (AvgIpc) is 2.80. The Hall–Kier alpha value is -0.920. The highest BCUT2D eigenvalue weighted by Gasteiger charge is 2.20. The zero-order valence-electron chi connectivity index (χ0n) is 11.5. The number of thiophene rings is 1. The molecule has 1 aliphatic carbocycles. The quantitative estimate of drug-likeness (QED) is 0.885. The van der Waals surface area contributed by atoms with Gasteiger partial charge in [0.1, 0.15) is 4.21 Å². The van der Waals surface area contributed by atoms with Crippen molar-refractivity contribution in [2.45, 2.75) is 49.3 Å². The summed E-state index contributed by atoms with van der Waals surface area (Å²) in [5.74, 6) is 0.699. The van der Waals surface area contributed by atoms with Crippen molar-refractivity contribution < 1.29 is 13.2 Å². The maximum absolute atomic E-state index is 11.9. The summed E-state index contributed by atoms with van der Waals surface area (Å²) in [5, 5.41) is 8.07. The minimum absolute atomic E-state index is 0.0487. The van der Waals surface area contributed by atoms with Crippen molar-refractivity contribution in [1.82, 2.24) is 5.32 Å². The van der Waals surface area contributed by atoms with Crippen LogP contribution in [0.25, 0.3) is 0 Å². The van der Waals surface area contributed by atoms with Gasteiger partial charge in [-0.3, -0.25) is 4.79 Å². The first-order valence-corrected chi connectivity index (χ1v) is 9.12. The second-order valence-electron chi connectivity index (χ2n) is 5.47. The summed E-state index contributed by atoms with van der Waals surface area (Å²) < 4.78 is 22.4. The van der Waals surface area contributed by atoms with E-state index in [0.717, 1.165) is 47.8 Å². The van der Waals surface area contributed by atoms with Crippen LogP contribution < -0.4 is 10.5 Å². The Kier molecular flexibility index (Phi) is 4.82. The van der Waals surface area contributed by atoms with Crippen molar-refractivity contribution in [2.75, 3.05) is 0 Å². The van der Waals surface area contributed by atoms with Crippen molar-refractivity contribution in [3.05, 3.63) is 17.0 Å². The third-order valence-corrected chi connectivity index (χ3v) is 6.16. The summed E-state index contributed by atoms with van der Waals surface area (Å²) in [4.78, 5) is 12.7. The van der Waals surface area contributed by atoms with E-state index in [1.165, 1.54) is 6.07 Å². The van der Waals surface area contributed by atoms with Gasteiger partial charge in [0.25, 0.3) is 0 Å². The molecule has 1 aromatic heterocycles. The number of carbonyl (C=O) groups is 1. The topological polar surface area (TPSA) is 89.3 Å². The van der Waals surface area contributed by atoms with Gasteiger partial charge in [-0.15, -0.1) is 11.3 Å². The van der Waals surface area contributed by atoms with Crippen LogP contribution in [0.1, 0.15) is 37.5 Å². The molecule has 0 aliphatic heterocycles. The molecule has 2 rings (SSSR count). The first-order chi connectivity index (χ1) is 9.34. The van der Waals surface area contributed by atoms with Crippen molar-refractivity contribution >= 4 is 27.3 Å². The predicted molar refractivity (Wildman–Crippen MR) is 79.0 cm³/mol. The summed E-state index contributed by atoms with van der Waals surface area (Å²) in [5.41, 5.74) is 0. The Morgan fingerprint density at radius 2 is 2.00 bits per heavy atom. The second kappa shape index (κ2) is 6.24. The Bertz CT molecular complexity index is 572. The molecular weight excluding hydrogens is 296 g/mol. The van der Waals surface area contributed by atoms with E-state index in [-0.39, 0.29) is 22.6 Å². The molecule has 112 valence electrons. The van der Waals surface area contributed by atoms with Crippen molar-refractivity contribution in [1.29, 1.82) is 0 Å². The standard InChI is InChI=1S/C13H20N2O3S2/c1-9-2-4-10(5-3-9)15-12(16)8-11-6-7-13(19-11)20(14,17)18/h6-7,9-10H,2-5,8H2,1H3,(H,15,16)(H2,14,17,18). The molecule has 0 unspecified atom stereocenters. The molecule has 0 saturated heterocycles. The molecule has 3 N–H and O–H groups in total. The van der Waals surface area contributed by atoms with Crippen LogP contribution in [0, 0.1) is 5.92 Å². The number of nitrogens with one attached hydrogen (secondary N) is 1. The molecule has 20 heavy (non-hydrogen) atoms. The van der Waals surface area contributed by atoms with Crippen LogP contribution in [0.4, 0.5) is 0 Å². The van der Waals surface area contributed by atoms with Crippen LogP contribution in [0.5, 0.6) is 0 Å². The first-order valence-electron chi connectivity index (χ1n) is 6.75. The molecule has 1 fully saturated rings. The van der Waals surface area contributed by atoms with Crippen LogP contribution >= 0.6 is 11.3 Å². The van der Waals surface area contributed by atoms with E-state index in [0.29, 0.717) is 0 Å². The first kappa shape index (κ1) is 15.5. The largest absolute Gasteiger partial charge is 0.353 e. The molecule has 1 heterocycles. The molecule has 0 spiro atoms. The van der Waals surface area contributed by atoms with Gasteiger partial charge in [0.15, 0.2) is 0 Å². The van der Waals surface area contributed by atoms with Gasteiger partial charge in [0.05, 0.1) is 6.42 Å². The Morgan fingerprint density at radius 1 is 1.35 bits per heavy atom. The molecule has 5 nitrogen and oxygen atoms in total. The van der Waals surface area contributed by atoms with E-state index in [1.807, 2.05) is 0 Å². The summed E-state index contributed by atoms with van der Waals surface area (Å²) >= 11 is 1.06. The van der Waals surface area contributed by atoms with Gasteiger partial charge in [-0.2, -0.15) is 0 Å². The van der Waals surface area contributed by atoms with Gasteiger partial charge in [0, 0.05) is 10.9 Å². The molecule has 0 aromatic carbocycles. The third-order valence-electron chi connectivity index (χ3n) is 3.63. The van der Waals surface area contributed by atoms with Gasteiger partial charge in [-0.05, 0) is 43.7 Å². The minimum Gasteiger partial charge on any atom is -0.353 e. The number of nitrogens with two attached hydrogens (primary N) is 1. The minimum atomic E-state index is -3.66. The molecule has 0 bridgehead atoms. The van der Waals surface area contributed by atoms with Crippen molar-refractivity contribution in [3.63, 3.8) is 0 Å². The van der Waals surface area contributed by atoms with E-state index in [4.69, 9.17) is 5.14 Å². The Balaban J connectivity index is 1.87. The predicted octanol–water partition coefficient (Wildman–Crippen LogP) is 1.63. The molecule has 1 amide bonds. The van der Waals surface area contributed by atoms with Crippen LogP contribution in [-0.4, -0.2) is 20.4 Å². The third kappa shape index (κ3) is 4.29. The number of rotatable bonds is 4. The smallest absolute Gasteiger partial charge is 0.247 e. The molecule has 0 radical (unpaired) electrons. The number of hydrogen-bond acceptors (Lipinski definition) is 4. The fourth-order valence-electron chi connectivity index (χ4n) is 2.45. The summed E-state index contributed by atoms with van der Waals surface area (Å²) in [6, 6.07) is 3.36. The fourth-order valence-corrected chi connectivity index (χ4v) is 4.22. The van der Waals surface area contributed by atoms with Crippen LogP contribution in [-0.2, 0) is 21.2 Å². The van der Waals surface area contributed by atoms with Gasteiger partial charge < -0.3 is 5.32 Å². The number of carbonyl (C=O) groups excluding carboxylic acids is 1. The number of sulfonamides is 1. The normalized spacial score (nSPS) is 23.5. The summed E-state index contributed by atoms with van der Waals surface area (Å²) in [6.45, 7) is 2.23. The monoisotopic (exact) mass is 316 g/mol. The number of amides is 1. The highest BCUT2D eigenvalue weighted by atomic mass is 32.2. The SMILES string of the molecule is CC1CCC(NC(=O)Cc2ccc(S(N)(=O)=O)s2)CC1. The zero-order valence-corrected chi connectivity index (χ0v) is 13.1. The highest BCUT2D eigenvalue weighted by molar-refractivity contribution is 7.91. The second-order valence-corrected chi connectivity index (χ2v) is 8.42.